The van der Waals surface area contributed by atoms with Gasteiger partial charge in [0.05, 0.1) is 15.2 Å². The second kappa shape index (κ2) is 6.40. The molecule has 1 aliphatic rings. The molecule has 2 rings (SSSR count). The zero-order chi connectivity index (χ0) is 15.8. The maximum atomic E-state index is 14.2. The minimum absolute atomic E-state index is 0.0804. The Morgan fingerprint density at radius 1 is 1.57 bits per heavy atom. The SMILES string of the molecule is CCCC1CCN(S(=O)(=O)c2cc(Cl)c(Br)c(N)c2F)C1. The molecule has 2 N–H and O–H groups in total. The Bertz CT molecular complexity index is 654. The third-order valence-electron chi connectivity index (χ3n) is 3.72. The van der Waals surface area contributed by atoms with Crippen LogP contribution in [0, 0.1) is 11.7 Å². The van der Waals surface area contributed by atoms with Gasteiger partial charge in [-0.3, -0.25) is 0 Å². The Morgan fingerprint density at radius 2 is 2.24 bits per heavy atom. The van der Waals surface area contributed by atoms with E-state index in [0.29, 0.717) is 19.0 Å². The third kappa shape index (κ3) is 3.21. The Balaban J connectivity index is 2.38. The van der Waals surface area contributed by atoms with Gasteiger partial charge in [0.2, 0.25) is 10.0 Å². The van der Waals surface area contributed by atoms with Crippen LogP contribution in [0.3, 0.4) is 0 Å². The number of benzene rings is 1. The second-order valence-electron chi connectivity index (χ2n) is 5.20. The van der Waals surface area contributed by atoms with Crippen LogP contribution < -0.4 is 5.73 Å². The molecule has 1 aromatic carbocycles. The highest BCUT2D eigenvalue weighted by Gasteiger charge is 2.35. The van der Waals surface area contributed by atoms with E-state index in [9.17, 15) is 12.8 Å². The van der Waals surface area contributed by atoms with E-state index >= 15 is 0 Å². The van der Waals surface area contributed by atoms with E-state index in [4.69, 9.17) is 17.3 Å². The summed E-state index contributed by atoms with van der Waals surface area (Å²) < 4.78 is 40.9. The average Bonchev–Trinajstić information content (AvgIpc) is 2.90. The fourth-order valence-corrected chi connectivity index (χ4v) is 4.78. The van der Waals surface area contributed by atoms with Crippen LogP contribution in [-0.4, -0.2) is 25.8 Å². The lowest BCUT2D eigenvalue weighted by molar-refractivity contribution is 0.440. The van der Waals surface area contributed by atoms with Crippen LogP contribution in [0.4, 0.5) is 10.1 Å². The van der Waals surface area contributed by atoms with E-state index in [1.165, 1.54) is 4.31 Å². The molecule has 0 aliphatic carbocycles. The van der Waals surface area contributed by atoms with E-state index in [2.05, 4.69) is 22.9 Å². The lowest BCUT2D eigenvalue weighted by atomic mass is 10.0. The minimum atomic E-state index is -3.91. The first-order chi connectivity index (χ1) is 9.78. The number of hydrogen-bond donors (Lipinski definition) is 1. The molecule has 1 heterocycles. The van der Waals surface area contributed by atoms with Crippen LogP contribution in [0.25, 0.3) is 0 Å². The summed E-state index contributed by atoms with van der Waals surface area (Å²) in [5, 5.41) is 0.0804. The van der Waals surface area contributed by atoms with Crippen molar-refractivity contribution < 1.29 is 12.8 Å². The van der Waals surface area contributed by atoms with Crippen LogP contribution >= 0.6 is 27.5 Å². The van der Waals surface area contributed by atoms with E-state index in [1.807, 2.05) is 0 Å². The number of nitrogens with two attached hydrogens (primary N) is 1. The standard InChI is InChI=1S/C13H17BrClFN2O2S/c1-2-3-8-4-5-18(7-8)21(19,20)10-6-9(15)11(14)13(17)12(10)16/h6,8H,2-5,7,17H2,1H3. The molecule has 118 valence electrons. The van der Waals surface area contributed by atoms with Crippen LogP contribution in [-0.2, 0) is 10.0 Å². The first kappa shape index (κ1) is 17.0. The third-order valence-corrected chi connectivity index (χ3v) is 6.97. The molecule has 0 saturated carbocycles. The number of nitrogens with zero attached hydrogens (tertiary/aromatic N) is 1. The predicted octanol–water partition coefficient (Wildman–Crippen LogP) is 3.63. The number of rotatable bonds is 4. The molecule has 1 fully saturated rings. The summed E-state index contributed by atoms with van der Waals surface area (Å²) in [5.41, 5.74) is 5.28. The Kier molecular flexibility index (Phi) is 5.18. The molecular weight excluding hydrogens is 383 g/mol. The largest absolute Gasteiger partial charge is 0.395 e. The molecule has 0 amide bonds. The maximum Gasteiger partial charge on any atom is 0.246 e. The summed E-state index contributed by atoms with van der Waals surface area (Å²) in [5.74, 6) is -0.624. The van der Waals surface area contributed by atoms with Crippen LogP contribution in [0.5, 0.6) is 0 Å². The van der Waals surface area contributed by atoms with Crippen LogP contribution in [0.1, 0.15) is 26.2 Å². The molecular formula is C13H17BrClFN2O2S. The number of halogens is 3. The lowest BCUT2D eigenvalue weighted by Gasteiger charge is -2.18. The van der Waals surface area contributed by atoms with E-state index in [1.54, 1.807) is 0 Å². The number of sulfonamides is 1. The van der Waals surface area contributed by atoms with Crippen LogP contribution in [0.2, 0.25) is 5.02 Å². The number of nitrogen functional groups attached to an aromatic ring is 1. The maximum absolute atomic E-state index is 14.2. The van der Waals surface area contributed by atoms with Crippen molar-refractivity contribution in [3.8, 4) is 0 Å². The summed E-state index contributed by atoms with van der Waals surface area (Å²) in [6, 6.07) is 1.11. The van der Waals surface area contributed by atoms with Crippen molar-refractivity contribution in [3.05, 3.63) is 21.4 Å². The normalized spacial score (nSPS) is 20.1. The van der Waals surface area contributed by atoms with Gasteiger partial charge in [-0.15, -0.1) is 0 Å². The van der Waals surface area contributed by atoms with Crippen molar-refractivity contribution in [2.24, 2.45) is 5.92 Å². The Morgan fingerprint density at radius 3 is 2.86 bits per heavy atom. The quantitative estimate of drug-likeness (QED) is 0.621. The molecule has 0 radical (unpaired) electrons. The number of anilines is 1. The van der Waals surface area contributed by atoms with E-state index in [0.717, 1.165) is 25.3 Å². The molecule has 1 saturated heterocycles. The molecule has 4 nitrogen and oxygen atoms in total. The van der Waals surface area contributed by atoms with Crippen molar-refractivity contribution in [3.63, 3.8) is 0 Å². The molecule has 0 bridgehead atoms. The zero-order valence-electron chi connectivity index (χ0n) is 11.6. The first-order valence-corrected chi connectivity index (χ1v) is 9.33. The van der Waals surface area contributed by atoms with Gasteiger partial charge in [-0.05, 0) is 40.8 Å². The fourth-order valence-electron chi connectivity index (χ4n) is 2.59. The van der Waals surface area contributed by atoms with Gasteiger partial charge in [0.1, 0.15) is 4.90 Å². The van der Waals surface area contributed by atoms with Gasteiger partial charge < -0.3 is 5.73 Å². The van der Waals surface area contributed by atoms with E-state index in [-0.39, 0.29) is 15.2 Å². The van der Waals surface area contributed by atoms with Crippen molar-refractivity contribution >= 4 is 43.2 Å². The van der Waals surface area contributed by atoms with Gasteiger partial charge in [-0.1, -0.05) is 24.9 Å². The zero-order valence-corrected chi connectivity index (χ0v) is 14.7. The highest BCUT2D eigenvalue weighted by molar-refractivity contribution is 9.10. The molecule has 8 heteroatoms. The summed E-state index contributed by atoms with van der Waals surface area (Å²) in [4.78, 5) is -0.453. The van der Waals surface area contributed by atoms with E-state index < -0.39 is 20.7 Å². The van der Waals surface area contributed by atoms with Crippen molar-refractivity contribution in [2.75, 3.05) is 18.8 Å². The summed E-state index contributed by atoms with van der Waals surface area (Å²) in [6.45, 7) is 2.88. The molecule has 1 unspecified atom stereocenters. The second-order valence-corrected chi connectivity index (χ2v) is 8.31. The smallest absolute Gasteiger partial charge is 0.246 e. The topological polar surface area (TPSA) is 63.4 Å². The summed E-state index contributed by atoms with van der Waals surface area (Å²) in [7, 11) is -3.91. The van der Waals surface area contributed by atoms with Crippen molar-refractivity contribution in [1.29, 1.82) is 0 Å². The van der Waals surface area contributed by atoms with Gasteiger partial charge in [-0.2, -0.15) is 4.31 Å². The van der Waals surface area contributed by atoms with Gasteiger partial charge >= 0.3 is 0 Å². The van der Waals surface area contributed by atoms with Crippen molar-refractivity contribution in [2.45, 2.75) is 31.1 Å². The molecule has 1 aliphatic heterocycles. The molecule has 21 heavy (non-hydrogen) atoms. The molecule has 0 spiro atoms. The van der Waals surface area contributed by atoms with Gasteiger partial charge in [-0.25, -0.2) is 12.8 Å². The Labute approximate surface area is 137 Å². The average molecular weight is 400 g/mol. The lowest BCUT2D eigenvalue weighted by Crippen LogP contribution is -2.30. The summed E-state index contributed by atoms with van der Waals surface area (Å²) >= 11 is 8.94. The monoisotopic (exact) mass is 398 g/mol. The predicted molar refractivity (Wildman–Crippen MR) is 85.3 cm³/mol. The first-order valence-electron chi connectivity index (χ1n) is 6.72. The highest BCUT2D eigenvalue weighted by Crippen LogP contribution is 2.37. The number of hydrogen-bond acceptors (Lipinski definition) is 3. The molecule has 0 aromatic heterocycles. The van der Waals surface area contributed by atoms with Gasteiger partial charge in [0, 0.05) is 13.1 Å². The molecule has 1 atom stereocenters. The van der Waals surface area contributed by atoms with Gasteiger partial charge in [0.15, 0.2) is 5.82 Å². The fraction of sp³-hybridized carbons (Fsp3) is 0.538. The minimum Gasteiger partial charge on any atom is -0.395 e. The summed E-state index contributed by atoms with van der Waals surface area (Å²) in [6.07, 6.45) is 2.77. The highest BCUT2D eigenvalue weighted by atomic mass is 79.9. The van der Waals surface area contributed by atoms with Gasteiger partial charge in [0.25, 0.3) is 0 Å². The van der Waals surface area contributed by atoms with Crippen LogP contribution in [0.15, 0.2) is 15.4 Å². The Hall–Kier alpha value is -0.370. The van der Waals surface area contributed by atoms with Crippen molar-refractivity contribution in [1.82, 2.24) is 4.31 Å². The molecule has 1 aromatic rings.